The van der Waals surface area contributed by atoms with Crippen LogP contribution in [0.25, 0.3) is 0 Å². The first kappa shape index (κ1) is 13.5. The quantitative estimate of drug-likeness (QED) is 0.681. The monoisotopic (exact) mass is 258 g/mol. The Hall–Kier alpha value is -1.60. The molecule has 0 amide bonds. The van der Waals surface area contributed by atoms with E-state index in [1.54, 1.807) is 0 Å². The summed E-state index contributed by atoms with van der Waals surface area (Å²) in [6, 6.07) is 2.37. The van der Waals surface area contributed by atoms with E-state index in [0.29, 0.717) is 18.4 Å². The average Bonchev–Trinajstić information content (AvgIpc) is 2.15. The van der Waals surface area contributed by atoms with Gasteiger partial charge in [-0.1, -0.05) is 13.3 Å². The average molecular weight is 258 g/mol. The van der Waals surface area contributed by atoms with E-state index in [1.807, 2.05) is 6.92 Å². The third-order valence-electron chi connectivity index (χ3n) is 2.29. The van der Waals surface area contributed by atoms with Crippen molar-refractivity contribution >= 4 is 21.7 Å². The van der Waals surface area contributed by atoms with E-state index in [-0.39, 0.29) is 16.1 Å². The number of nitrogen functional groups attached to an aromatic ring is 1. The molecule has 7 heteroatoms. The number of carboxylic acid groups (broad SMARTS) is 1. The van der Waals surface area contributed by atoms with E-state index < -0.39 is 16.0 Å². The number of carbonyl (C=O) groups is 1. The van der Waals surface area contributed by atoms with Gasteiger partial charge in [0.15, 0.2) is 0 Å². The number of benzene rings is 1. The molecule has 0 saturated carbocycles. The molecule has 1 aromatic carbocycles. The SMILES string of the molecule is CCCc1cc(N)c(C(=O)O)cc1S(N)(=O)=O. The molecule has 0 fully saturated rings. The summed E-state index contributed by atoms with van der Waals surface area (Å²) in [6.07, 6.45) is 1.17. The minimum atomic E-state index is -3.95. The molecule has 0 bridgehead atoms. The van der Waals surface area contributed by atoms with Crippen molar-refractivity contribution in [1.82, 2.24) is 0 Å². The topological polar surface area (TPSA) is 123 Å². The Morgan fingerprint density at radius 3 is 2.41 bits per heavy atom. The maximum atomic E-state index is 11.4. The van der Waals surface area contributed by atoms with Gasteiger partial charge in [0.25, 0.3) is 0 Å². The van der Waals surface area contributed by atoms with Crippen LogP contribution in [-0.2, 0) is 16.4 Å². The first-order chi connectivity index (χ1) is 7.77. The molecule has 17 heavy (non-hydrogen) atoms. The molecular formula is C10H14N2O4S. The van der Waals surface area contributed by atoms with Gasteiger partial charge in [-0.25, -0.2) is 18.4 Å². The summed E-state index contributed by atoms with van der Waals surface area (Å²) < 4.78 is 22.7. The second-order valence-electron chi connectivity index (χ2n) is 3.65. The fraction of sp³-hybridized carbons (Fsp3) is 0.300. The van der Waals surface area contributed by atoms with Crippen LogP contribution < -0.4 is 10.9 Å². The summed E-state index contributed by atoms with van der Waals surface area (Å²) >= 11 is 0. The van der Waals surface area contributed by atoms with E-state index in [1.165, 1.54) is 6.07 Å². The summed E-state index contributed by atoms with van der Waals surface area (Å²) in [5, 5.41) is 13.9. The number of carboxylic acids is 1. The van der Waals surface area contributed by atoms with Crippen LogP contribution in [0.5, 0.6) is 0 Å². The fourth-order valence-electron chi connectivity index (χ4n) is 1.56. The molecule has 0 saturated heterocycles. The van der Waals surface area contributed by atoms with Gasteiger partial charge in [0.2, 0.25) is 10.0 Å². The Morgan fingerprint density at radius 1 is 1.41 bits per heavy atom. The van der Waals surface area contributed by atoms with Crippen molar-refractivity contribution in [3.8, 4) is 0 Å². The first-order valence-corrected chi connectivity index (χ1v) is 6.50. The van der Waals surface area contributed by atoms with Gasteiger partial charge in [0, 0.05) is 5.69 Å². The van der Waals surface area contributed by atoms with Crippen LogP contribution in [0, 0.1) is 0 Å². The maximum Gasteiger partial charge on any atom is 0.337 e. The molecule has 94 valence electrons. The van der Waals surface area contributed by atoms with Gasteiger partial charge in [-0.15, -0.1) is 0 Å². The smallest absolute Gasteiger partial charge is 0.337 e. The van der Waals surface area contributed by atoms with Crippen molar-refractivity contribution in [2.45, 2.75) is 24.7 Å². The highest BCUT2D eigenvalue weighted by atomic mass is 32.2. The normalized spacial score (nSPS) is 11.4. The van der Waals surface area contributed by atoms with Crippen molar-refractivity contribution in [1.29, 1.82) is 0 Å². The number of anilines is 1. The van der Waals surface area contributed by atoms with E-state index in [2.05, 4.69) is 0 Å². The summed E-state index contributed by atoms with van der Waals surface area (Å²) in [4.78, 5) is 10.7. The van der Waals surface area contributed by atoms with Gasteiger partial charge in [0.1, 0.15) is 0 Å². The third-order valence-corrected chi connectivity index (χ3v) is 3.28. The van der Waals surface area contributed by atoms with Gasteiger partial charge in [-0.3, -0.25) is 0 Å². The third kappa shape index (κ3) is 2.95. The highest BCUT2D eigenvalue weighted by Crippen LogP contribution is 2.23. The second-order valence-corrected chi connectivity index (χ2v) is 5.18. The molecule has 1 rings (SSSR count). The van der Waals surface area contributed by atoms with E-state index in [0.717, 1.165) is 6.07 Å². The van der Waals surface area contributed by atoms with Gasteiger partial charge >= 0.3 is 5.97 Å². The summed E-state index contributed by atoms with van der Waals surface area (Å²) in [6.45, 7) is 1.87. The van der Waals surface area contributed by atoms with Crippen LogP contribution in [0.1, 0.15) is 29.3 Å². The molecule has 0 atom stereocenters. The zero-order valence-corrected chi connectivity index (χ0v) is 10.1. The lowest BCUT2D eigenvalue weighted by molar-refractivity contribution is 0.0698. The summed E-state index contributed by atoms with van der Waals surface area (Å²) in [5.41, 5.74) is 5.77. The Balaban J connectivity index is 3.53. The molecule has 0 aliphatic rings. The van der Waals surface area contributed by atoms with E-state index in [4.69, 9.17) is 16.0 Å². The summed E-state index contributed by atoms with van der Waals surface area (Å²) in [7, 11) is -3.95. The van der Waals surface area contributed by atoms with Crippen molar-refractivity contribution in [3.05, 3.63) is 23.3 Å². The molecule has 0 heterocycles. The minimum absolute atomic E-state index is 0.0355. The second kappa shape index (κ2) is 4.72. The Labute approximate surface area is 99.3 Å². The zero-order valence-electron chi connectivity index (χ0n) is 9.30. The molecule has 0 aromatic heterocycles. The van der Waals surface area contributed by atoms with Crippen molar-refractivity contribution in [2.24, 2.45) is 5.14 Å². The van der Waals surface area contributed by atoms with Crippen LogP contribution in [-0.4, -0.2) is 19.5 Å². The Bertz CT molecular complexity index is 552. The maximum absolute atomic E-state index is 11.4. The Morgan fingerprint density at radius 2 is 2.00 bits per heavy atom. The van der Waals surface area contributed by atoms with Crippen LogP contribution >= 0.6 is 0 Å². The first-order valence-electron chi connectivity index (χ1n) is 4.95. The van der Waals surface area contributed by atoms with Gasteiger partial charge in [-0.05, 0) is 24.1 Å². The lowest BCUT2D eigenvalue weighted by Gasteiger charge is -2.10. The predicted octanol–water partition coefficient (Wildman–Crippen LogP) is 0.567. The van der Waals surface area contributed by atoms with E-state index in [9.17, 15) is 13.2 Å². The van der Waals surface area contributed by atoms with Gasteiger partial charge < -0.3 is 10.8 Å². The molecule has 0 unspecified atom stereocenters. The molecule has 0 aliphatic heterocycles. The molecule has 0 aliphatic carbocycles. The zero-order chi connectivity index (χ0) is 13.2. The number of rotatable bonds is 4. The number of nitrogens with two attached hydrogens (primary N) is 2. The molecule has 0 radical (unpaired) electrons. The number of hydrogen-bond donors (Lipinski definition) is 3. The summed E-state index contributed by atoms with van der Waals surface area (Å²) in [5.74, 6) is -1.28. The van der Waals surface area contributed by atoms with Crippen LogP contribution in [0.3, 0.4) is 0 Å². The largest absolute Gasteiger partial charge is 0.478 e. The molecule has 5 N–H and O–H groups in total. The lowest BCUT2D eigenvalue weighted by atomic mass is 10.1. The molecule has 6 nitrogen and oxygen atoms in total. The fourth-order valence-corrected chi connectivity index (χ4v) is 2.37. The highest BCUT2D eigenvalue weighted by molar-refractivity contribution is 7.89. The van der Waals surface area contributed by atoms with E-state index >= 15 is 0 Å². The number of primary sulfonamides is 1. The number of aromatic carboxylic acids is 1. The van der Waals surface area contributed by atoms with Crippen LogP contribution in [0.15, 0.2) is 17.0 Å². The lowest BCUT2D eigenvalue weighted by Crippen LogP contribution is -2.16. The number of aryl methyl sites for hydroxylation is 1. The van der Waals surface area contributed by atoms with Crippen LogP contribution in [0.2, 0.25) is 0 Å². The van der Waals surface area contributed by atoms with Crippen LogP contribution in [0.4, 0.5) is 5.69 Å². The van der Waals surface area contributed by atoms with Crippen molar-refractivity contribution in [2.75, 3.05) is 5.73 Å². The standard InChI is InChI=1S/C10H14N2O4S/c1-2-3-6-4-8(11)7(10(13)14)5-9(6)17(12,15)16/h4-5H,2-3,11H2,1H3,(H,13,14)(H2,12,15,16). The van der Waals surface area contributed by atoms with Crippen molar-refractivity contribution < 1.29 is 18.3 Å². The predicted molar refractivity (Wildman–Crippen MR) is 63.2 cm³/mol. The molecule has 0 spiro atoms. The highest BCUT2D eigenvalue weighted by Gasteiger charge is 2.19. The number of sulfonamides is 1. The minimum Gasteiger partial charge on any atom is -0.478 e. The Kier molecular flexibility index (Phi) is 3.74. The van der Waals surface area contributed by atoms with Gasteiger partial charge in [-0.2, -0.15) is 0 Å². The molecule has 1 aromatic rings. The van der Waals surface area contributed by atoms with Gasteiger partial charge in [0.05, 0.1) is 10.5 Å². The molecular weight excluding hydrogens is 244 g/mol. The number of hydrogen-bond acceptors (Lipinski definition) is 4. The van der Waals surface area contributed by atoms with Crippen molar-refractivity contribution in [3.63, 3.8) is 0 Å².